The standard InChI is InChI=1S/C21H24ClN3O2/c1-15-18(22)9-6-10-19(15)23-20(26)16(2)24-11-13-25(14-12-24)21(27)17-7-4-3-5-8-17/h3-10,16H,11-14H2,1-2H3,(H,23,26). The SMILES string of the molecule is Cc1c(Cl)cccc1NC(=O)C(C)N1CCN(C(=O)c2ccccc2)CC1. The molecule has 2 aromatic carbocycles. The summed E-state index contributed by atoms with van der Waals surface area (Å²) in [6.07, 6.45) is 0. The Morgan fingerprint density at radius 2 is 1.67 bits per heavy atom. The van der Waals surface area contributed by atoms with Crippen LogP contribution in [0.15, 0.2) is 48.5 Å². The largest absolute Gasteiger partial charge is 0.336 e. The van der Waals surface area contributed by atoms with Crippen molar-refractivity contribution in [2.24, 2.45) is 0 Å². The molecule has 1 atom stereocenters. The van der Waals surface area contributed by atoms with E-state index >= 15 is 0 Å². The Balaban J connectivity index is 1.56. The highest BCUT2D eigenvalue weighted by Crippen LogP contribution is 2.23. The highest BCUT2D eigenvalue weighted by atomic mass is 35.5. The number of rotatable bonds is 4. The fourth-order valence-electron chi connectivity index (χ4n) is 3.22. The molecule has 6 heteroatoms. The normalized spacial score (nSPS) is 16.0. The number of benzene rings is 2. The summed E-state index contributed by atoms with van der Waals surface area (Å²) in [4.78, 5) is 29.1. The van der Waals surface area contributed by atoms with Gasteiger partial charge in [0.1, 0.15) is 0 Å². The van der Waals surface area contributed by atoms with Gasteiger partial charge in [-0.1, -0.05) is 35.9 Å². The highest BCUT2D eigenvalue weighted by Gasteiger charge is 2.28. The minimum atomic E-state index is -0.280. The van der Waals surface area contributed by atoms with Gasteiger partial charge in [-0.05, 0) is 43.7 Å². The van der Waals surface area contributed by atoms with Gasteiger partial charge in [0.15, 0.2) is 0 Å². The Hall–Kier alpha value is -2.37. The van der Waals surface area contributed by atoms with Crippen LogP contribution < -0.4 is 5.32 Å². The molecule has 0 spiro atoms. The van der Waals surface area contributed by atoms with Crippen LogP contribution in [0.25, 0.3) is 0 Å². The molecule has 3 rings (SSSR count). The summed E-state index contributed by atoms with van der Waals surface area (Å²) in [5.41, 5.74) is 2.29. The third kappa shape index (κ3) is 4.49. The number of hydrogen-bond acceptors (Lipinski definition) is 3. The van der Waals surface area contributed by atoms with Gasteiger partial charge in [-0.25, -0.2) is 0 Å². The molecule has 2 amide bonds. The van der Waals surface area contributed by atoms with Gasteiger partial charge in [0.05, 0.1) is 6.04 Å². The molecule has 0 bridgehead atoms. The number of nitrogens with zero attached hydrogens (tertiary/aromatic N) is 2. The summed E-state index contributed by atoms with van der Waals surface area (Å²) in [7, 11) is 0. The second kappa shape index (κ2) is 8.55. The van der Waals surface area contributed by atoms with Crippen LogP contribution in [0.5, 0.6) is 0 Å². The summed E-state index contributed by atoms with van der Waals surface area (Å²) < 4.78 is 0. The molecule has 0 saturated carbocycles. The number of nitrogens with one attached hydrogen (secondary N) is 1. The van der Waals surface area contributed by atoms with Gasteiger partial charge in [-0.3, -0.25) is 14.5 Å². The van der Waals surface area contributed by atoms with E-state index in [0.717, 1.165) is 11.3 Å². The fourth-order valence-corrected chi connectivity index (χ4v) is 3.40. The lowest BCUT2D eigenvalue weighted by Gasteiger charge is -2.37. The number of halogens is 1. The molecule has 5 nitrogen and oxygen atoms in total. The quantitative estimate of drug-likeness (QED) is 0.877. The number of piperazine rings is 1. The van der Waals surface area contributed by atoms with E-state index in [1.807, 2.05) is 61.2 Å². The van der Waals surface area contributed by atoms with Crippen molar-refractivity contribution in [2.75, 3.05) is 31.5 Å². The molecule has 0 aliphatic carbocycles. The summed E-state index contributed by atoms with van der Waals surface area (Å²) in [5.74, 6) is -0.0230. The lowest BCUT2D eigenvalue weighted by molar-refractivity contribution is -0.121. The zero-order chi connectivity index (χ0) is 19.4. The lowest BCUT2D eigenvalue weighted by atomic mass is 10.1. The second-order valence-corrected chi connectivity index (χ2v) is 7.18. The predicted molar refractivity (Wildman–Crippen MR) is 108 cm³/mol. The van der Waals surface area contributed by atoms with E-state index in [0.29, 0.717) is 36.8 Å². The Kier molecular flexibility index (Phi) is 6.14. The minimum absolute atomic E-state index is 0.0434. The molecule has 1 saturated heterocycles. The second-order valence-electron chi connectivity index (χ2n) is 6.77. The van der Waals surface area contributed by atoms with Crippen molar-refractivity contribution in [3.05, 3.63) is 64.7 Å². The van der Waals surface area contributed by atoms with Crippen LogP contribution in [-0.4, -0.2) is 53.8 Å². The summed E-state index contributed by atoms with van der Waals surface area (Å²) in [5, 5.41) is 3.60. The number of anilines is 1. The number of carbonyl (C=O) groups excluding carboxylic acids is 2. The van der Waals surface area contributed by atoms with Crippen molar-refractivity contribution < 1.29 is 9.59 Å². The smallest absolute Gasteiger partial charge is 0.253 e. The van der Waals surface area contributed by atoms with Crippen molar-refractivity contribution in [1.29, 1.82) is 0 Å². The van der Waals surface area contributed by atoms with E-state index in [4.69, 9.17) is 11.6 Å². The van der Waals surface area contributed by atoms with Crippen molar-refractivity contribution in [2.45, 2.75) is 19.9 Å². The summed E-state index contributed by atoms with van der Waals surface area (Å²) in [6.45, 7) is 6.34. The number of hydrogen-bond donors (Lipinski definition) is 1. The van der Waals surface area contributed by atoms with Crippen molar-refractivity contribution in [1.82, 2.24) is 9.80 Å². The van der Waals surface area contributed by atoms with Gasteiger partial charge in [-0.15, -0.1) is 0 Å². The Labute approximate surface area is 164 Å². The molecule has 1 fully saturated rings. The molecule has 142 valence electrons. The lowest BCUT2D eigenvalue weighted by Crippen LogP contribution is -2.54. The van der Waals surface area contributed by atoms with Gasteiger partial charge >= 0.3 is 0 Å². The Morgan fingerprint density at radius 1 is 1.00 bits per heavy atom. The number of carbonyl (C=O) groups is 2. The van der Waals surface area contributed by atoms with Crippen LogP contribution in [-0.2, 0) is 4.79 Å². The van der Waals surface area contributed by atoms with Crippen LogP contribution in [0.1, 0.15) is 22.8 Å². The molecule has 2 aromatic rings. The Morgan fingerprint density at radius 3 is 2.33 bits per heavy atom. The Bertz CT molecular complexity index is 817. The maximum atomic E-state index is 12.6. The topological polar surface area (TPSA) is 52.7 Å². The van der Waals surface area contributed by atoms with Crippen LogP contribution in [0.4, 0.5) is 5.69 Å². The molecular weight excluding hydrogens is 362 g/mol. The molecule has 0 aromatic heterocycles. The highest BCUT2D eigenvalue weighted by molar-refractivity contribution is 6.31. The van der Waals surface area contributed by atoms with Crippen molar-refractivity contribution in [3.63, 3.8) is 0 Å². The molecule has 1 heterocycles. The van der Waals surface area contributed by atoms with Crippen LogP contribution in [0, 0.1) is 6.92 Å². The van der Waals surface area contributed by atoms with E-state index in [1.54, 1.807) is 6.07 Å². The average Bonchev–Trinajstić information content (AvgIpc) is 2.71. The van der Waals surface area contributed by atoms with Gasteiger partial charge < -0.3 is 10.2 Å². The zero-order valence-electron chi connectivity index (χ0n) is 15.6. The van der Waals surface area contributed by atoms with Gasteiger partial charge in [-0.2, -0.15) is 0 Å². The van der Waals surface area contributed by atoms with Crippen LogP contribution in [0.2, 0.25) is 5.02 Å². The molecule has 1 N–H and O–H groups in total. The molecule has 0 radical (unpaired) electrons. The van der Waals surface area contributed by atoms with Crippen LogP contribution in [0.3, 0.4) is 0 Å². The monoisotopic (exact) mass is 385 g/mol. The average molecular weight is 386 g/mol. The summed E-state index contributed by atoms with van der Waals surface area (Å²) in [6, 6.07) is 14.5. The summed E-state index contributed by atoms with van der Waals surface area (Å²) >= 11 is 6.12. The van der Waals surface area contributed by atoms with E-state index in [1.165, 1.54) is 0 Å². The third-order valence-corrected chi connectivity index (χ3v) is 5.48. The number of amides is 2. The first-order valence-corrected chi connectivity index (χ1v) is 9.49. The molecule has 27 heavy (non-hydrogen) atoms. The zero-order valence-corrected chi connectivity index (χ0v) is 16.4. The minimum Gasteiger partial charge on any atom is -0.336 e. The fraction of sp³-hybridized carbons (Fsp3) is 0.333. The van der Waals surface area contributed by atoms with Crippen molar-refractivity contribution in [3.8, 4) is 0 Å². The van der Waals surface area contributed by atoms with E-state index < -0.39 is 0 Å². The maximum Gasteiger partial charge on any atom is 0.253 e. The van der Waals surface area contributed by atoms with Crippen LogP contribution >= 0.6 is 11.6 Å². The first kappa shape index (κ1) is 19.4. The molecule has 1 aliphatic heterocycles. The molecule has 1 unspecified atom stereocenters. The van der Waals surface area contributed by atoms with Gasteiger partial charge in [0, 0.05) is 42.5 Å². The van der Waals surface area contributed by atoms with Gasteiger partial charge in [0.25, 0.3) is 5.91 Å². The van der Waals surface area contributed by atoms with E-state index in [2.05, 4.69) is 10.2 Å². The third-order valence-electron chi connectivity index (χ3n) is 5.07. The van der Waals surface area contributed by atoms with E-state index in [-0.39, 0.29) is 17.9 Å². The molecular formula is C21H24ClN3O2. The first-order valence-electron chi connectivity index (χ1n) is 9.11. The predicted octanol–water partition coefficient (Wildman–Crippen LogP) is 3.43. The maximum absolute atomic E-state index is 12.6. The first-order chi connectivity index (χ1) is 13.0. The van der Waals surface area contributed by atoms with Crippen molar-refractivity contribution >= 4 is 29.1 Å². The van der Waals surface area contributed by atoms with Gasteiger partial charge in [0.2, 0.25) is 5.91 Å². The van der Waals surface area contributed by atoms with E-state index in [9.17, 15) is 9.59 Å². The molecule has 1 aliphatic rings.